The van der Waals surface area contributed by atoms with Crippen LogP contribution < -0.4 is 5.32 Å². The second kappa shape index (κ2) is 2.50. The number of hydrogen-bond donors (Lipinski definition) is 1. The fourth-order valence-electron chi connectivity index (χ4n) is 1.35. The van der Waals surface area contributed by atoms with E-state index in [-0.39, 0.29) is 0 Å². The van der Waals surface area contributed by atoms with E-state index in [1.165, 1.54) is 0 Å². The molecule has 0 unspecified atom stereocenters. The van der Waals surface area contributed by atoms with Crippen molar-refractivity contribution in [2.75, 3.05) is 13.1 Å². The molecule has 1 N–H and O–H groups in total. The topological polar surface area (TPSA) is 29.9 Å². The molecule has 1 fully saturated rings. The molecule has 3 nitrogen and oxygen atoms in total. The Morgan fingerprint density at radius 1 is 1.73 bits per heavy atom. The average molecular weight is 172 g/mol. The molecular formula is C7H10ClN3. The minimum absolute atomic E-state index is 0.565. The largest absolute Gasteiger partial charge is 0.336 e. The van der Waals surface area contributed by atoms with Gasteiger partial charge in [0, 0.05) is 26.1 Å². The molecule has 0 spiro atoms. The molecule has 1 aliphatic heterocycles. The fourth-order valence-corrected chi connectivity index (χ4v) is 1.68. The molecule has 0 radical (unpaired) electrons. The van der Waals surface area contributed by atoms with Gasteiger partial charge in [-0.1, -0.05) is 11.6 Å². The maximum absolute atomic E-state index is 5.89. The number of halogens is 1. The molecule has 2 heterocycles. The third kappa shape index (κ3) is 1.04. The smallest absolute Gasteiger partial charge is 0.150 e. The van der Waals surface area contributed by atoms with Gasteiger partial charge in [-0.05, 0) is 0 Å². The van der Waals surface area contributed by atoms with E-state index in [0.717, 1.165) is 18.8 Å². The summed E-state index contributed by atoms with van der Waals surface area (Å²) in [5, 5.41) is 3.86. The first kappa shape index (κ1) is 7.13. The predicted molar refractivity (Wildman–Crippen MR) is 43.8 cm³/mol. The highest BCUT2D eigenvalue weighted by molar-refractivity contribution is 6.30. The van der Waals surface area contributed by atoms with Gasteiger partial charge in [-0.2, -0.15) is 0 Å². The van der Waals surface area contributed by atoms with Crippen LogP contribution in [0.2, 0.25) is 5.15 Å². The van der Waals surface area contributed by atoms with E-state index in [0.29, 0.717) is 11.1 Å². The van der Waals surface area contributed by atoms with E-state index in [9.17, 15) is 0 Å². The van der Waals surface area contributed by atoms with E-state index in [2.05, 4.69) is 10.3 Å². The monoisotopic (exact) mass is 171 g/mol. The van der Waals surface area contributed by atoms with Gasteiger partial charge in [-0.15, -0.1) is 0 Å². The third-order valence-electron chi connectivity index (χ3n) is 2.10. The molecule has 1 saturated heterocycles. The summed E-state index contributed by atoms with van der Waals surface area (Å²) in [7, 11) is 1.98. The molecule has 1 aromatic heterocycles. The highest BCUT2D eigenvalue weighted by atomic mass is 35.5. The van der Waals surface area contributed by atoms with Crippen LogP contribution in [-0.2, 0) is 7.05 Å². The van der Waals surface area contributed by atoms with E-state index in [1.54, 1.807) is 6.33 Å². The van der Waals surface area contributed by atoms with Crippen LogP contribution in [0.3, 0.4) is 0 Å². The molecule has 60 valence electrons. The van der Waals surface area contributed by atoms with Gasteiger partial charge in [0.15, 0.2) is 5.15 Å². The van der Waals surface area contributed by atoms with Gasteiger partial charge in [0.1, 0.15) is 0 Å². The zero-order valence-corrected chi connectivity index (χ0v) is 7.10. The molecule has 0 amide bonds. The van der Waals surface area contributed by atoms with Crippen molar-refractivity contribution in [2.45, 2.75) is 5.92 Å². The van der Waals surface area contributed by atoms with Crippen LogP contribution in [0.4, 0.5) is 0 Å². The number of aromatic nitrogens is 2. The molecule has 2 rings (SSSR count). The summed E-state index contributed by atoms with van der Waals surface area (Å²) in [4.78, 5) is 4.02. The van der Waals surface area contributed by atoms with Gasteiger partial charge < -0.3 is 9.88 Å². The highest BCUT2D eigenvalue weighted by Crippen LogP contribution is 2.25. The predicted octanol–water partition coefficient (Wildman–Crippen LogP) is 0.760. The summed E-state index contributed by atoms with van der Waals surface area (Å²) in [5.74, 6) is 0.565. The minimum atomic E-state index is 0.565. The SMILES string of the molecule is Cn1cnc(Cl)c1C1CNC1. The third-order valence-corrected chi connectivity index (χ3v) is 2.40. The second-order valence-corrected chi connectivity index (χ2v) is 3.24. The Hall–Kier alpha value is -0.540. The van der Waals surface area contributed by atoms with Crippen LogP contribution in [0.5, 0.6) is 0 Å². The number of aryl methyl sites for hydroxylation is 1. The Kier molecular flexibility index (Phi) is 1.62. The fraction of sp³-hybridized carbons (Fsp3) is 0.571. The van der Waals surface area contributed by atoms with Crippen molar-refractivity contribution in [3.63, 3.8) is 0 Å². The summed E-state index contributed by atoms with van der Waals surface area (Å²) in [6.07, 6.45) is 1.76. The van der Waals surface area contributed by atoms with Crippen molar-refractivity contribution in [3.8, 4) is 0 Å². The first-order valence-electron chi connectivity index (χ1n) is 3.66. The van der Waals surface area contributed by atoms with Gasteiger partial charge in [0.05, 0.1) is 12.0 Å². The summed E-state index contributed by atoms with van der Waals surface area (Å²) in [6, 6.07) is 0. The number of rotatable bonds is 1. The maximum Gasteiger partial charge on any atom is 0.150 e. The van der Waals surface area contributed by atoms with Gasteiger partial charge in [-0.25, -0.2) is 4.98 Å². The number of nitrogens with zero attached hydrogens (tertiary/aromatic N) is 2. The molecule has 0 atom stereocenters. The standard InChI is InChI=1S/C7H10ClN3/c1-11-4-10-7(8)6(11)5-2-9-3-5/h4-5,9H,2-3H2,1H3. The van der Waals surface area contributed by atoms with Crippen LogP contribution in [0.15, 0.2) is 6.33 Å². The Morgan fingerprint density at radius 3 is 2.82 bits per heavy atom. The lowest BCUT2D eigenvalue weighted by Crippen LogP contribution is -2.40. The summed E-state index contributed by atoms with van der Waals surface area (Å²) in [6.45, 7) is 2.05. The van der Waals surface area contributed by atoms with Gasteiger partial charge in [0.25, 0.3) is 0 Å². The maximum atomic E-state index is 5.89. The summed E-state index contributed by atoms with van der Waals surface area (Å²) < 4.78 is 1.99. The van der Waals surface area contributed by atoms with E-state index in [1.807, 2.05) is 11.6 Å². The molecule has 0 aliphatic carbocycles. The first-order valence-corrected chi connectivity index (χ1v) is 4.04. The van der Waals surface area contributed by atoms with Crippen LogP contribution in [-0.4, -0.2) is 22.6 Å². The summed E-state index contributed by atoms with van der Waals surface area (Å²) >= 11 is 5.89. The Balaban J connectivity index is 2.33. The molecule has 1 aromatic rings. The average Bonchev–Trinajstić information content (AvgIpc) is 2.15. The van der Waals surface area contributed by atoms with Crippen molar-refractivity contribution < 1.29 is 0 Å². The van der Waals surface area contributed by atoms with Crippen LogP contribution in [0.1, 0.15) is 11.6 Å². The number of hydrogen-bond acceptors (Lipinski definition) is 2. The minimum Gasteiger partial charge on any atom is -0.336 e. The molecule has 0 aromatic carbocycles. The quantitative estimate of drug-likeness (QED) is 0.676. The lowest BCUT2D eigenvalue weighted by atomic mass is 10.00. The van der Waals surface area contributed by atoms with Crippen molar-refractivity contribution in [1.29, 1.82) is 0 Å². The van der Waals surface area contributed by atoms with E-state index < -0.39 is 0 Å². The zero-order chi connectivity index (χ0) is 7.84. The van der Waals surface area contributed by atoms with Crippen molar-refractivity contribution in [2.24, 2.45) is 7.05 Å². The Labute approximate surface area is 70.4 Å². The zero-order valence-electron chi connectivity index (χ0n) is 6.34. The Bertz CT molecular complexity index is 245. The normalized spacial score (nSPS) is 18.4. The van der Waals surface area contributed by atoms with Gasteiger partial charge in [-0.3, -0.25) is 0 Å². The Morgan fingerprint density at radius 2 is 2.45 bits per heavy atom. The number of nitrogens with one attached hydrogen (secondary N) is 1. The number of imidazole rings is 1. The van der Waals surface area contributed by atoms with E-state index in [4.69, 9.17) is 11.6 Å². The van der Waals surface area contributed by atoms with Crippen LogP contribution >= 0.6 is 11.6 Å². The molecule has 0 bridgehead atoms. The molecular weight excluding hydrogens is 162 g/mol. The van der Waals surface area contributed by atoms with Crippen LogP contribution in [0, 0.1) is 0 Å². The van der Waals surface area contributed by atoms with Gasteiger partial charge >= 0.3 is 0 Å². The molecule has 1 aliphatic rings. The van der Waals surface area contributed by atoms with Gasteiger partial charge in [0.2, 0.25) is 0 Å². The highest BCUT2D eigenvalue weighted by Gasteiger charge is 2.24. The van der Waals surface area contributed by atoms with Crippen molar-refractivity contribution in [3.05, 3.63) is 17.2 Å². The lowest BCUT2D eigenvalue weighted by molar-refractivity contribution is 0.431. The lowest BCUT2D eigenvalue weighted by Gasteiger charge is -2.27. The van der Waals surface area contributed by atoms with Crippen LogP contribution in [0.25, 0.3) is 0 Å². The summed E-state index contributed by atoms with van der Waals surface area (Å²) in [5.41, 5.74) is 1.16. The molecule has 0 saturated carbocycles. The van der Waals surface area contributed by atoms with Crippen molar-refractivity contribution >= 4 is 11.6 Å². The van der Waals surface area contributed by atoms with Crippen molar-refractivity contribution in [1.82, 2.24) is 14.9 Å². The second-order valence-electron chi connectivity index (χ2n) is 2.89. The molecule has 4 heteroatoms. The molecule has 11 heavy (non-hydrogen) atoms. The first-order chi connectivity index (χ1) is 5.29. The van der Waals surface area contributed by atoms with E-state index >= 15 is 0 Å².